The molecular formula is C12H17N3O3S. The summed E-state index contributed by atoms with van der Waals surface area (Å²) in [6, 6.07) is 1.62. The summed E-state index contributed by atoms with van der Waals surface area (Å²) in [5.41, 5.74) is 5.59. The van der Waals surface area contributed by atoms with Gasteiger partial charge in [-0.3, -0.25) is 9.59 Å². The second-order valence-corrected chi connectivity index (χ2v) is 5.24. The van der Waals surface area contributed by atoms with Gasteiger partial charge in [-0.05, 0) is 18.0 Å². The molecule has 1 fully saturated rings. The Hall–Kier alpha value is -1.44. The Morgan fingerprint density at radius 2 is 2.32 bits per heavy atom. The Labute approximate surface area is 115 Å². The molecule has 1 aliphatic rings. The zero-order valence-corrected chi connectivity index (χ0v) is 11.5. The van der Waals surface area contributed by atoms with Gasteiger partial charge in [0.15, 0.2) is 0 Å². The normalized spacial score (nSPS) is 22.4. The van der Waals surface area contributed by atoms with Crippen LogP contribution in [0.1, 0.15) is 17.3 Å². The monoisotopic (exact) mass is 283 g/mol. The van der Waals surface area contributed by atoms with Crippen LogP contribution in [-0.4, -0.2) is 37.6 Å². The maximum Gasteiger partial charge on any atom is 0.251 e. The van der Waals surface area contributed by atoms with Crippen molar-refractivity contribution in [1.29, 1.82) is 0 Å². The lowest BCUT2D eigenvalue weighted by Gasteiger charge is -2.17. The van der Waals surface area contributed by atoms with Crippen LogP contribution in [0.3, 0.4) is 0 Å². The van der Waals surface area contributed by atoms with Gasteiger partial charge < -0.3 is 21.1 Å². The van der Waals surface area contributed by atoms with E-state index in [1.54, 1.807) is 11.4 Å². The highest BCUT2D eigenvalue weighted by Gasteiger charge is 2.33. The third-order valence-corrected chi connectivity index (χ3v) is 3.88. The second kappa shape index (κ2) is 6.14. The Balaban J connectivity index is 2.04. The number of amides is 2. The molecular weight excluding hydrogens is 266 g/mol. The highest BCUT2D eigenvalue weighted by molar-refractivity contribution is 7.14. The van der Waals surface area contributed by atoms with E-state index in [0.717, 1.165) is 6.54 Å². The second-order valence-electron chi connectivity index (χ2n) is 4.33. The number of ether oxygens (including phenoxy) is 1. The zero-order chi connectivity index (χ0) is 13.8. The van der Waals surface area contributed by atoms with Crippen molar-refractivity contribution in [2.75, 3.05) is 25.1 Å². The number of hydrogen-bond acceptors (Lipinski definition) is 5. The Bertz CT molecular complexity index is 475. The van der Waals surface area contributed by atoms with Crippen LogP contribution in [0.4, 0.5) is 5.00 Å². The molecule has 1 aliphatic heterocycles. The molecule has 0 bridgehead atoms. The first-order valence-electron chi connectivity index (χ1n) is 6.12. The van der Waals surface area contributed by atoms with Gasteiger partial charge in [0.25, 0.3) is 5.91 Å². The van der Waals surface area contributed by atoms with Crippen LogP contribution in [0.25, 0.3) is 0 Å². The molecule has 1 aromatic rings. The number of anilines is 1. The maximum absolute atomic E-state index is 12.2. The van der Waals surface area contributed by atoms with Crippen LogP contribution in [0.2, 0.25) is 0 Å². The average Bonchev–Trinajstić information content (AvgIpc) is 2.98. The number of carbonyl (C=O) groups excluding carboxylic acids is 2. The highest BCUT2D eigenvalue weighted by atomic mass is 32.1. The van der Waals surface area contributed by atoms with E-state index in [4.69, 9.17) is 10.5 Å². The van der Waals surface area contributed by atoms with Gasteiger partial charge in [-0.25, -0.2) is 0 Å². The first-order valence-corrected chi connectivity index (χ1v) is 7.00. The molecule has 2 rings (SSSR count). The van der Waals surface area contributed by atoms with E-state index in [0.29, 0.717) is 23.8 Å². The van der Waals surface area contributed by atoms with Gasteiger partial charge in [0, 0.05) is 6.04 Å². The number of thiophene rings is 1. The topological polar surface area (TPSA) is 93.4 Å². The fraction of sp³-hybridized carbons (Fsp3) is 0.500. The van der Waals surface area contributed by atoms with Gasteiger partial charge in [0.1, 0.15) is 5.00 Å². The van der Waals surface area contributed by atoms with Gasteiger partial charge in [0.2, 0.25) is 5.91 Å². The van der Waals surface area contributed by atoms with Gasteiger partial charge in [0.05, 0.1) is 24.7 Å². The third kappa shape index (κ3) is 3.12. The molecule has 19 heavy (non-hydrogen) atoms. The summed E-state index contributed by atoms with van der Waals surface area (Å²) in [5.74, 6) is -0.932. The molecule has 4 N–H and O–H groups in total. The van der Waals surface area contributed by atoms with Crippen molar-refractivity contribution < 1.29 is 14.3 Å². The molecule has 0 aliphatic carbocycles. The van der Waals surface area contributed by atoms with Gasteiger partial charge >= 0.3 is 0 Å². The van der Waals surface area contributed by atoms with Gasteiger partial charge in [-0.1, -0.05) is 6.92 Å². The number of nitrogens with two attached hydrogens (primary N) is 1. The molecule has 2 unspecified atom stereocenters. The van der Waals surface area contributed by atoms with E-state index in [9.17, 15) is 9.59 Å². The predicted octanol–water partition coefficient (Wildman–Crippen LogP) is 0.410. The van der Waals surface area contributed by atoms with Crippen LogP contribution in [0.5, 0.6) is 0 Å². The summed E-state index contributed by atoms with van der Waals surface area (Å²) >= 11 is 1.29. The minimum atomic E-state index is -0.539. The average molecular weight is 283 g/mol. The molecule has 2 atom stereocenters. The molecule has 0 saturated carbocycles. The molecule has 0 spiro atoms. The van der Waals surface area contributed by atoms with Gasteiger partial charge in [-0.2, -0.15) is 0 Å². The number of rotatable bonds is 5. The van der Waals surface area contributed by atoms with Crippen molar-refractivity contribution in [2.24, 2.45) is 11.7 Å². The van der Waals surface area contributed by atoms with Crippen molar-refractivity contribution in [1.82, 2.24) is 5.32 Å². The van der Waals surface area contributed by atoms with Crippen molar-refractivity contribution in [2.45, 2.75) is 13.0 Å². The Morgan fingerprint density at radius 3 is 3.00 bits per heavy atom. The molecule has 1 aromatic heterocycles. The quantitative estimate of drug-likeness (QED) is 0.729. The van der Waals surface area contributed by atoms with Crippen molar-refractivity contribution in [3.8, 4) is 0 Å². The van der Waals surface area contributed by atoms with Crippen LogP contribution in [-0.2, 0) is 9.53 Å². The first kappa shape index (κ1) is 14.0. The zero-order valence-electron chi connectivity index (χ0n) is 10.6. The first-order chi connectivity index (χ1) is 9.13. The number of hydrogen-bond donors (Lipinski definition) is 3. The van der Waals surface area contributed by atoms with Crippen LogP contribution < -0.4 is 16.4 Å². The van der Waals surface area contributed by atoms with Crippen molar-refractivity contribution in [3.63, 3.8) is 0 Å². The fourth-order valence-corrected chi connectivity index (χ4v) is 2.88. The number of nitrogens with one attached hydrogen (secondary N) is 2. The van der Waals surface area contributed by atoms with Crippen LogP contribution in [0.15, 0.2) is 11.4 Å². The van der Waals surface area contributed by atoms with Crippen LogP contribution >= 0.6 is 11.3 Å². The molecule has 104 valence electrons. The minimum absolute atomic E-state index is 0.0157. The molecule has 2 heterocycles. The Morgan fingerprint density at radius 1 is 1.53 bits per heavy atom. The maximum atomic E-state index is 12.2. The highest BCUT2D eigenvalue weighted by Crippen LogP contribution is 2.24. The van der Waals surface area contributed by atoms with Crippen molar-refractivity contribution in [3.05, 3.63) is 17.0 Å². The summed E-state index contributed by atoms with van der Waals surface area (Å²) in [6.45, 7) is 3.68. The number of carbonyl (C=O) groups is 2. The van der Waals surface area contributed by atoms with E-state index >= 15 is 0 Å². The Kier molecular flexibility index (Phi) is 4.52. The molecule has 0 radical (unpaired) electrons. The lowest BCUT2D eigenvalue weighted by atomic mass is 10.0. The predicted molar refractivity (Wildman–Crippen MR) is 73.2 cm³/mol. The molecule has 2 amide bonds. The smallest absolute Gasteiger partial charge is 0.251 e. The molecule has 1 saturated heterocycles. The largest absolute Gasteiger partial charge is 0.379 e. The van der Waals surface area contributed by atoms with Gasteiger partial charge in [-0.15, -0.1) is 11.3 Å². The van der Waals surface area contributed by atoms with Crippen LogP contribution in [0, 0.1) is 5.92 Å². The summed E-state index contributed by atoms with van der Waals surface area (Å²) in [7, 11) is 0. The summed E-state index contributed by atoms with van der Waals surface area (Å²) in [6.07, 6.45) is 0. The lowest BCUT2D eigenvalue weighted by Crippen LogP contribution is -2.41. The minimum Gasteiger partial charge on any atom is -0.379 e. The number of likely N-dealkylation sites (N-methyl/N-ethyl adjacent to an activating group) is 1. The summed E-state index contributed by atoms with van der Waals surface area (Å²) < 4.78 is 5.33. The summed E-state index contributed by atoms with van der Waals surface area (Å²) in [5, 5.41) is 8.20. The van der Waals surface area contributed by atoms with Crippen molar-refractivity contribution >= 4 is 28.2 Å². The SMILES string of the molecule is CCNC1COCC1C(=O)Nc1sccc1C(N)=O. The van der Waals surface area contributed by atoms with E-state index in [1.807, 2.05) is 6.92 Å². The standard InChI is InChI=1S/C12H17N3O3S/c1-2-14-9-6-18-5-8(9)11(17)15-12-7(10(13)16)3-4-19-12/h3-4,8-9,14H,2,5-6H2,1H3,(H2,13,16)(H,15,17). The fourth-order valence-electron chi connectivity index (χ4n) is 2.08. The van der Waals surface area contributed by atoms with E-state index < -0.39 is 5.91 Å². The summed E-state index contributed by atoms with van der Waals surface area (Å²) in [4.78, 5) is 23.4. The van der Waals surface area contributed by atoms with E-state index in [1.165, 1.54) is 11.3 Å². The van der Waals surface area contributed by atoms with E-state index in [-0.39, 0.29) is 17.9 Å². The molecule has 0 aromatic carbocycles. The lowest BCUT2D eigenvalue weighted by molar-refractivity contribution is -0.120. The third-order valence-electron chi connectivity index (χ3n) is 3.05. The molecule has 7 heteroatoms. The number of primary amides is 1. The molecule has 6 nitrogen and oxygen atoms in total. The van der Waals surface area contributed by atoms with E-state index in [2.05, 4.69) is 10.6 Å².